The van der Waals surface area contributed by atoms with Crippen molar-refractivity contribution in [2.45, 2.75) is 33.2 Å². The molecule has 0 radical (unpaired) electrons. The van der Waals surface area contributed by atoms with Gasteiger partial charge in [0.1, 0.15) is 6.04 Å². The van der Waals surface area contributed by atoms with Crippen LogP contribution in [0.25, 0.3) is 0 Å². The first-order valence-electron chi connectivity index (χ1n) is 5.09. The monoisotopic (exact) mass is 262 g/mol. The number of likely N-dealkylation sites (N-methyl/N-ethyl adjacent to an activating group) is 1. The van der Waals surface area contributed by atoms with E-state index < -0.39 is 27.4 Å². The molecule has 0 rings (SSSR count). The summed E-state index contributed by atoms with van der Waals surface area (Å²) >= 11 is 0. The molecule has 0 saturated heterocycles. The van der Waals surface area contributed by atoms with Crippen molar-refractivity contribution >= 4 is 16.0 Å². The summed E-state index contributed by atoms with van der Waals surface area (Å²) in [6.07, 6.45) is 0.0987. The second-order valence-electron chi connectivity index (χ2n) is 4.79. The van der Waals surface area contributed by atoms with E-state index in [1.165, 1.54) is 14.0 Å². The van der Waals surface area contributed by atoms with Gasteiger partial charge in [0.25, 0.3) is 0 Å². The zero-order valence-electron chi connectivity index (χ0n) is 10.5. The molecule has 0 fully saturated rings. The number of hydrogen-bond acceptors (Lipinski definition) is 4. The first-order chi connectivity index (χ1) is 7.53. The van der Waals surface area contributed by atoms with Crippen molar-refractivity contribution < 1.29 is 18.3 Å². The molecule has 0 aliphatic rings. The van der Waals surface area contributed by atoms with Gasteiger partial charge in [-0.05, 0) is 12.3 Å². The van der Waals surface area contributed by atoms with Gasteiger partial charge in [-0.25, -0.2) is 8.42 Å². The number of sulfonamides is 1. The Balaban J connectivity index is 4.94. The molecule has 0 aromatic heterocycles. The Morgan fingerprint density at radius 2 is 2.00 bits per heavy atom. The van der Waals surface area contributed by atoms with Crippen LogP contribution in [0.2, 0.25) is 0 Å². The molecule has 1 unspecified atom stereocenters. The molecule has 0 amide bonds. The molecular formula is C10H18N2O4S. The van der Waals surface area contributed by atoms with E-state index in [1.807, 2.05) is 6.07 Å². The van der Waals surface area contributed by atoms with Crippen LogP contribution in [-0.4, -0.2) is 42.6 Å². The summed E-state index contributed by atoms with van der Waals surface area (Å²) in [5, 5.41) is 17.3. The summed E-state index contributed by atoms with van der Waals surface area (Å²) < 4.78 is 24.7. The summed E-state index contributed by atoms with van der Waals surface area (Å²) in [5.74, 6) is -1.45. The Morgan fingerprint density at radius 3 is 2.35 bits per heavy atom. The molecule has 1 N–H and O–H groups in total. The van der Waals surface area contributed by atoms with E-state index in [1.54, 1.807) is 13.8 Å². The minimum Gasteiger partial charge on any atom is -0.480 e. The third kappa shape index (κ3) is 4.71. The number of carbonyl (C=O) groups is 1. The molecule has 0 aromatic rings. The number of carboxylic acid groups (broad SMARTS) is 1. The lowest BCUT2D eigenvalue weighted by Crippen LogP contribution is -2.43. The highest BCUT2D eigenvalue weighted by atomic mass is 32.2. The number of nitrogens with zero attached hydrogens (tertiary/aromatic N) is 2. The van der Waals surface area contributed by atoms with E-state index in [2.05, 4.69) is 0 Å². The number of carboxylic acids is 1. The van der Waals surface area contributed by atoms with Gasteiger partial charge in [-0.3, -0.25) is 4.79 Å². The Bertz CT molecular complexity index is 422. The zero-order valence-corrected chi connectivity index (χ0v) is 11.3. The van der Waals surface area contributed by atoms with Gasteiger partial charge in [-0.2, -0.15) is 9.57 Å². The Labute approximate surface area is 102 Å². The number of nitriles is 1. The lowest BCUT2D eigenvalue weighted by atomic mass is 9.93. The normalized spacial score (nSPS) is 14.4. The molecule has 0 bridgehead atoms. The quantitative estimate of drug-likeness (QED) is 0.758. The van der Waals surface area contributed by atoms with E-state index >= 15 is 0 Å². The zero-order chi connectivity index (χ0) is 13.9. The van der Waals surface area contributed by atoms with Crippen molar-refractivity contribution in [1.82, 2.24) is 4.31 Å². The summed E-state index contributed by atoms with van der Waals surface area (Å²) in [4.78, 5) is 10.7. The molecule has 0 aliphatic carbocycles. The summed E-state index contributed by atoms with van der Waals surface area (Å²) in [6, 6.07) is 0.809. The van der Waals surface area contributed by atoms with Crippen LogP contribution in [0.15, 0.2) is 0 Å². The second-order valence-corrected chi connectivity index (χ2v) is 6.81. The highest BCUT2D eigenvalue weighted by molar-refractivity contribution is 7.89. The summed E-state index contributed by atoms with van der Waals surface area (Å²) in [6.45, 7) is 4.62. The highest BCUT2D eigenvalue weighted by Gasteiger charge is 2.33. The first-order valence-corrected chi connectivity index (χ1v) is 6.70. The summed E-state index contributed by atoms with van der Waals surface area (Å²) in [7, 11) is -2.45. The average Bonchev–Trinajstić information content (AvgIpc) is 2.13. The fourth-order valence-electron chi connectivity index (χ4n) is 1.26. The molecule has 0 aliphatic heterocycles. The maximum atomic E-state index is 11.9. The van der Waals surface area contributed by atoms with Gasteiger partial charge in [-0.15, -0.1) is 0 Å². The predicted octanol–water partition coefficient (Wildman–Crippen LogP) is 0.661. The SMILES string of the molecule is CC(C(=O)O)N(C)S(=O)(=O)CC(C)(C)CC#N. The molecule has 0 aromatic carbocycles. The van der Waals surface area contributed by atoms with E-state index in [-0.39, 0.29) is 12.2 Å². The van der Waals surface area contributed by atoms with Crippen LogP contribution in [0.5, 0.6) is 0 Å². The van der Waals surface area contributed by atoms with Gasteiger partial charge in [0.05, 0.1) is 11.8 Å². The Morgan fingerprint density at radius 1 is 1.53 bits per heavy atom. The third-order valence-electron chi connectivity index (χ3n) is 2.47. The molecule has 0 spiro atoms. The van der Waals surface area contributed by atoms with Crippen molar-refractivity contribution in [1.29, 1.82) is 5.26 Å². The maximum Gasteiger partial charge on any atom is 0.321 e. The minimum atomic E-state index is -3.68. The molecule has 7 heteroatoms. The fourth-order valence-corrected chi connectivity index (χ4v) is 3.12. The number of rotatable bonds is 6. The fraction of sp³-hybridized carbons (Fsp3) is 0.800. The van der Waals surface area contributed by atoms with E-state index in [0.29, 0.717) is 0 Å². The van der Waals surface area contributed by atoms with Gasteiger partial charge in [-0.1, -0.05) is 13.8 Å². The van der Waals surface area contributed by atoms with Crippen LogP contribution >= 0.6 is 0 Å². The lowest BCUT2D eigenvalue weighted by molar-refractivity contribution is -0.140. The molecule has 6 nitrogen and oxygen atoms in total. The maximum absolute atomic E-state index is 11.9. The molecule has 1 atom stereocenters. The molecule has 0 saturated carbocycles. The van der Waals surface area contributed by atoms with Crippen LogP contribution in [0, 0.1) is 16.7 Å². The first kappa shape index (κ1) is 15.9. The van der Waals surface area contributed by atoms with Crippen molar-refractivity contribution in [2.24, 2.45) is 5.41 Å². The average molecular weight is 262 g/mol. The van der Waals surface area contributed by atoms with Gasteiger partial charge in [0.2, 0.25) is 10.0 Å². The number of aliphatic carboxylic acids is 1. The number of hydrogen-bond donors (Lipinski definition) is 1. The van der Waals surface area contributed by atoms with E-state index in [4.69, 9.17) is 10.4 Å². The van der Waals surface area contributed by atoms with Crippen molar-refractivity contribution in [2.75, 3.05) is 12.8 Å². The van der Waals surface area contributed by atoms with E-state index in [0.717, 1.165) is 4.31 Å². The van der Waals surface area contributed by atoms with Crippen LogP contribution in [0.1, 0.15) is 27.2 Å². The molecule has 0 heterocycles. The van der Waals surface area contributed by atoms with Crippen molar-refractivity contribution in [3.05, 3.63) is 0 Å². The van der Waals surface area contributed by atoms with Gasteiger partial charge in [0, 0.05) is 13.5 Å². The van der Waals surface area contributed by atoms with E-state index in [9.17, 15) is 13.2 Å². The van der Waals surface area contributed by atoms with Crippen LogP contribution < -0.4 is 0 Å². The van der Waals surface area contributed by atoms with Crippen LogP contribution in [0.3, 0.4) is 0 Å². The summed E-state index contributed by atoms with van der Waals surface area (Å²) in [5.41, 5.74) is -0.694. The highest BCUT2D eigenvalue weighted by Crippen LogP contribution is 2.23. The van der Waals surface area contributed by atoms with Crippen LogP contribution in [0.4, 0.5) is 0 Å². The standard InChI is InChI=1S/C10H18N2O4S/c1-8(9(13)14)12(4)17(15,16)7-10(2,3)5-6-11/h8H,5,7H2,1-4H3,(H,13,14). The minimum absolute atomic E-state index is 0.0987. The second kappa shape index (κ2) is 5.47. The third-order valence-corrected chi connectivity index (χ3v) is 4.81. The molecule has 17 heavy (non-hydrogen) atoms. The molecular weight excluding hydrogens is 244 g/mol. The topological polar surface area (TPSA) is 98.5 Å². The Hall–Kier alpha value is -1.13. The smallest absolute Gasteiger partial charge is 0.321 e. The largest absolute Gasteiger partial charge is 0.480 e. The van der Waals surface area contributed by atoms with Crippen LogP contribution in [-0.2, 0) is 14.8 Å². The van der Waals surface area contributed by atoms with Crippen molar-refractivity contribution in [3.63, 3.8) is 0 Å². The predicted molar refractivity (Wildman–Crippen MR) is 62.7 cm³/mol. The van der Waals surface area contributed by atoms with Gasteiger partial charge < -0.3 is 5.11 Å². The van der Waals surface area contributed by atoms with Gasteiger partial charge in [0.15, 0.2) is 0 Å². The lowest BCUT2D eigenvalue weighted by Gasteiger charge is -2.27. The molecule has 98 valence electrons. The van der Waals surface area contributed by atoms with Crippen molar-refractivity contribution in [3.8, 4) is 6.07 Å². The Kier molecular flexibility index (Phi) is 5.11. The van der Waals surface area contributed by atoms with Gasteiger partial charge >= 0.3 is 5.97 Å².